The molecule has 15 heavy (non-hydrogen) atoms. The lowest BCUT2D eigenvalue weighted by atomic mass is 9.88. The van der Waals surface area contributed by atoms with Crippen molar-refractivity contribution in [2.45, 2.75) is 18.5 Å². The van der Waals surface area contributed by atoms with Gasteiger partial charge in [0.25, 0.3) is 0 Å². The van der Waals surface area contributed by atoms with E-state index in [1.54, 1.807) is 0 Å². The number of piperidine rings is 1. The fraction of sp³-hybridized carbons (Fsp3) is 0.500. The van der Waals surface area contributed by atoms with Gasteiger partial charge in [0.1, 0.15) is 0 Å². The van der Waals surface area contributed by atoms with E-state index in [-0.39, 0.29) is 0 Å². The zero-order valence-corrected chi connectivity index (χ0v) is 9.06. The van der Waals surface area contributed by atoms with E-state index in [1.807, 2.05) is 12.1 Å². The van der Waals surface area contributed by atoms with Crippen molar-refractivity contribution < 1.29 is 0 Å². The maximum Gasteiger partial charge on any atom is 0.0368 e. The molecule has 2 N–H and O–H groups in total. The molecule has 4 rings (SSSR count). The second-order valence-electron chi connectivity index (χ2n) is 4.71. The number of fused-ring (bicyclic) bond motifs is 2. The van der Waals surface area contributed by atoms with E-state index in [0.717, 1.165) is 30.9 Å². The lowest BCUT2D eigenvalue weighted by Gasteiger charge is -2.55. The summed E-state index contributed by atoms with van der Waals surface area (Å²) in [5.74, 6) is 0. The van der Waals surface area contributed by atoms with E-state index in [0.29, 0.717) is 0 Å². The Morgan fingerprint density at radius 2 is 1.73 bits per heavy atom. The maximum absolute atomic E-state index is 5.69. The third-order valence-corrected chi connectivity index (χ3v) is 3.82. The summed E-state index contributed by atoms with van der Waals surface area (Å²) < 4.78 is 0. The number of anilines is 2. The molecule has 0 aromatic heterocycles. The number of hydrogen-bond acceptors (Lipinski definition) is 3. The Morgan fingerprint density at radius 3 is 2.27 bits per heavy atom. The molecule has 0 saturated carbocycles. The van der Waals surface area contributed by atoms with Crippen LogP contribution in [0.25, 0.3) is 0 Å². The predicted octanol–water partition coefficient (Wildman–Crippen LogP) is 1.16. The highest BCUT2D eigenvalue weighted by atomic mass is 15.3. The molecule has 1 aromatic rings. The summed E-state index contributed by atoms with van der Waals surface area (Å²) in [6, 6.07) is 9.75. The summed E-state index contributed by atoms with van der Waals surface area (Å²) in [5.41, 5.74) is 7.85. The predicted molar refractivity (Wildman–Crippen MR) is 63.0 cm³/mol. The summed E-state index contributed by atoms with van der Waals surface area (Å²) in [6.07, 6.45) is 1.38. The number of likely N-dealkylation sites (N-methyl/N-ethyl adjacent to an activating group) is 1. The Balaban J connectivity index is 1.77. The molecule has 80 valence electrons. The van der Waals surface area contributed by atoms with Gasteiger partial charge in [0, 0.05) is 36.5 Å². The zero-order chi connectivity index (χ0) is 10.4. The molecule has 0 unspecified atom stereocenters. The van der Waals surface area contributed by atoms with Crippen molar-refractivity contribution in [1.29, 1.82) is 0 Å². The standard InChI is InChI=1S/C12H17N3/c1-14-11-6-12(14)8-15(7-11)10-4-2-9(13)3-5-10/h2-5,11-12H,6-8,13H2,1H3/t11-,12+. The molecule has 0 amide bonds. The van der Waals surface area contributed by atoms with Crippen LogP contribution < -0.4 is 10.6 Å². The SMILES string of the molecule is CN1[C@@H]2C[C@H]1CN(c1ccc(N)cc1)C2. The van der Waals surface area contributed by atoms with E-state index in [2.05, 4.69) is 29.0 Å². The number of rotatable bonds is 1. The average molecular weight is 203 g/mol. The number of nitrogens with two attached hydrogens (primary N) is 1. The van der Waals surface area contributed by atoms with Gasteiger partial charge in [-0.2, -0.15) is 0 Å². The zero-order valence-electron chi connectivity index (χ0n) is 9.06. The van der Waals surface area contributed by atoms with Crippen molar-refractivity contribution in [2.75, 3.05) is 30.8 Å². The molecule has 3 heterocycles. The van der Waals surface area contributed by atoms with Crippen LogP contribution in [-0.4, -0.2) is 37.1 Å². The van der Waals surface area contributed by atoms with Gasteiger partial charge in [-0.05, 0) is 37.7 Å². The minimum atomic E-state index is 0.765. The van der Waals surface area contributed by atoms with Gasteiger partial charge in [-0.25, -0.2) is 0 Å². The van der Waals surface area contributed by atoms with E-state index in [1.165, 1.54) is 12.1 Å². The summed E-state index contributed by atoms with van der Waals surface area (Å²) >= 11 is 0. The summed E-state index contributed by atoms with van der Waals surface area (Å²) in [5, 5.41) is 0. The Kier molecular flexibility index (Phi) is 1.89. The van der Waals surface area contributed by atoms with E-state index in [9.17, 15) is 0 Å². The van der Waals surface area contributed by atoms with Crippen LogP contribution in [0.2, 0.25) is 0 Å². The Morgan fingerprint density at radius 1 is 1.13 bits per heavy atom. The molecule has 3 heteroatoms. The molecular weight excluding hydrogens is 186 g/mol. The van der Waals surface area contributed by atoms with Crippen LogP contribution in [0.1, 0.15) is 6.42 Å². The lowest BCUT2D eigenvalue weighted by molar-refractivity contribution is 0.0264. The third kappa shape index (κ3) is 1.38. The monoisotopic (exact) mass is 203 g/mol. The second kappa shape index (κ2) is 3.14. The van der Waals surface area contributed by atoms with Crippen LogP contribution in [0.3, 0.4) is 0 Å². The molecule has 3 nitrogen and oxygen atoms in total. The van der Waals surface area contributed by atoms with E-state index >= 15 is 0 Å². The van der Waals surface area contributed by atoms with Crippen molar-refractivity contribution >= 4 is 11.4 Å². The molecule has 2 bridgehead atoms. The highest BCUT2D eigenvalue weighted by Crippen LogP contribution is 2.33. The average Bonchev–Trinajstić information content (AvgIpc) is 2.29. The van der Waals surface area contributed by atoms with Crippen LogP contribution >= 0.6 is 0 Å². The van der Waals surface area contributed by atoms with Gasteiger partial charge in [-0.3, -0.25) is 4.90 Å². The maximum atomic E-state index is 5.69. The molecule has 3 fully saturated rings. The minimum Gasteiger partial charge on any atom is -0.399 e. The van der Waals surface area contributed by atoms with Crippen molar-refractivity contribution in [3.05, 3.63) is 24.3 Å². The number of nitrogens with zero attached hydrogens (tertiary/aromatic N) is 2. The quantitative estimate of drug-likeness (QED) is 0.695. The summed E-state index contributed by atoms with van der Waals surface area (Å²) in [4.78, 5) is 4.96. The lowest BCUT2D eigenvalue weighted by Crippen LogP contribution is -2.67. The van der Waals surface area contributed by atoms with Gasteiger partial charge in [-0.15, -0.1) is 0 Å². The summed E-state index contributed by atoms with van der Waals surface area (Å²) in [6.45, 7) is 2.33. The highest BCUT2D eigenvalue weighted by Gasteiger charge is 2.41. The van der Waals surface area contributed by atoms with E-state index < -0.39 is 0 Å². The first kappa shape index (κ1) is 9.04. The molecule has 3 aliphatic rings. The van der Waals surface area contributed by atoms with Crippen molar-refractivity contribution in [3.63, 3.8) is 0 Å². The van der Waals surface area contributed by atoms with Gasteiger partial charge in [0.15, 0.2) is 0 Å². The van der Waals surface area contributed by atoms with E-state index in [4.69, 9.17) is 5.73 Å². The van der Waals surface area contributed by atoms with Crippen LogP contribution in [0.15, 0.2) is 24.3 Å². The summed E-state index contributed by atoms with van der Waals surface area (Å²) in [7, 11) is 2.24. The van der Waals surface area contributed by atoms with Crippen molar-refractivity contribution in [2.24, 2.45) is 0 Å². The van der Waals surface area contributed by atoms with Gasteiger partial charge in [-0.1, -0.05) is 0 Å². The van der Waals surface area contributed by atoms with Gasteiger partial charge in [0.05, 0.1) is 0 Å². The molecule has 0 aliphatic carbocycles. The fourth-order valence-electron chi connectivity index (χ4n) is 2.69. The first-order valence-corrected chi connectivity index (χ1v) is 5.56. The molecule has 1 aromatic carbocycles. The number of nitrogen functional groups attached to an aromatic ring is 1. The first-order valence-electron chi connectivity index (χ1n) is 5.56. The van der Waals surface area contributed by atoms with Crippen LogP contribution in [-0.2, 0) is 0 Å². The van der Waals surface area contributed by atoms with Crippen LogP contribution in [0.5, 0.6) is 0 Å². The largest absolute Gasteiger partial charge is 0.399 e. The second-order valence-corrected chi connectivity index (χ2v) is 4.71. The van der Waals surface area contributed by atoms with Crippen LogP contribution in [0, 0.1) is 0 Å². The van der Waals surface area contributed by atoms with Crippen molar-refractivity contribution in [1.82, 2.24) is 4.90 Å². The first-order chi connectivity index (χ1) is 7.24. The third-order valence-electron chi connectivity index (χ3n) is 3.82. The van der Waals surface area contributed by atoms with Gasteiger partial charge in [0.2, 0.25) is 0 Å². The Labute approximate surface area is 90.5 Å². The normalized spacial score (nSPS) is 30.1. The number of benzene rings is 1. The molecular formula is C12H17N3. The topological polar surface area (TPSA) is 32.5 Å². The molecule has 3 aliphatic heterocycles. The van der Waals surface area contributed by atoms with Gasteiger partial charge >= 0.3 is 0 Å². The van der Waals surface area contributed by atoms with Crippen LogP contribution in [0.4, 0.5) is 11.4 Å². The van der Waals surface area contributed by atoms with Crippen molar-refractivity contribution in [3.8, 4) is 0 Å². The molecule has 3 saturated heterocycles. The smallest absolute Gasteiger partial charge is 0.0368 e. The molecule has 0 radical (unpaired) electrons. The number of hydrogen-bond donors (Lipinski definition) is 1. The number of piperazine rings is 1. The molecule has 2 atom stereocenters. The molecule has 0 spiro atoms. The highest BCUT2D eigenvalue weighted by molar-refractivity contribution is 5.54. The fourth-order valence-corrected chi connectivity index (χ4v) is 2.69. The Bertz CT molecular complexity index is 348. The van der Waals surface area contributed by atoms with Gasteiger partial charge < -0.3 is 10.6 Å². The minimum absolute atomic E-state index is 0.765. The Hall–Kier alpha value is -1.22.